The molecule has 3 fully saturated rings. The van der Waals surface area contributed by atoms with Gasteiger partial charge in [-0.05, 0) is 69.2 Å². The lowest BCUT2D eigenvalue weighted by Gasteiger charge is -2.42. The highest BCUT2D eigenvalue weighted by Gasteiger charge is 2.37. The summed E-state index contributed by atoms with van der Waals surface area (Å²) in [5, 5.41) is 5.54. The Morgan fingerprint density at radius 3 is 2.65 bits per heavy atom. The Bertz CT molecular complexity index is 912. The molecule has 8 nitrogen and oxygen atoms in total. The first-order chi connectivity index (χ1) is 16.3. The van der Waals surface area contributed by atoms with Crippen LogP contribution in [0.5, 0.6) is 5.75 Å². The Labute approximate surface area is 200 Å². The summed E-state index contributed by atoms with van der Waals surface area (Å²) in [5.74, 6) is 0.132. The van der Waals surface area contributed by atoms with E-state index in [-0.39, 0.29) is 36.0 Å². The molecule has 186 valence electrons. The van der Waals surface area contributed by atoms with E-state index < -0.39 is 5.54 Å². The predicted molar refractivity (Wildman–Crippen MR) is 125 cm³/mol. The quantitative estimate of drug-likeness (QED) is 0.380. The summed E-state index contributed by atoms with van der Waals surface area (Å²) >= 11 is 0. The van der Waals surface area contributed by atoms with E-state index in [1.165, 1.54) is 11.0 Å². The monoisotopic (exact) mass is 474 g/mol. The lowest BCUT2D eigenvalue weighted by atomic mass is 9.80. The SMILES string of the molecule is CN1CCC(NC(=O)CCCCCN2CC(=O)NC2=O)(c2ccc(F)c(OCC3CC3)c2)CC1. The molecule has 3 aliphatic rings. The molecule has 0 bridgehead atoms. The fourth-order valence-corrected chi connectivity index (χ4v) is 4.65. The van der Waals surface area contributed by atoms with Crippen LogP contribution in [0.4, 0.5) is 9.18 Å². The smallest absolute Gasteiger partial charge is 0.324 e. The van der Waals surface area contributed by atoms with Crippen LogP contribution in [0.2, 0.25) is 0 Å². The van der Waals surface area contributed by atoms with Gasteiger partial charge in [-0.3, -0.25) is 14.9 Å². The van der Waals surface area contributed by atoms with E-state index in [9.17, 15) is 18.8 Å². The lowest BCUT2D eigenvalue weighted by molar-refractivity contribution is -0.124. The van der Waals surface area contributed by atoms with E-state index in [1.807, 2.05) is 0 Å². The third-order valence-electron chi connectivity index (χ3n) is 7.07. The topological polar surface area (TPSA) is 91.0 Å². The number of amides is 4. The number of likely N-dealkylation sites (tertiary alicyclic amines) is 1. The number of hydrogen-bond acceptors (Lipinski definition) is 5. The zero-order chi connectivity index (χ0) is 24.1. The lowest BCUT2D eigenvalue weighted by Crippen LogP contribution is -2.52. The molecule has 0 aromatic heterocycles. The van der Waals surface area contributed by atoms with Gasteiger partial charge in [0.2, 0.25) is 11.8 Å². The molecule has 9 heteroatoms. The summed E-state index contributed by atoms with van der Waals surface area (Å²) in [6.07, 6.45) is 6.38. The van der Waals surface area contributed by atoms with Gasteiger partial charge in [0.25, 0.3) is 0 Å². The maximum atomic E-state index is 14.4. The van der Waals surface area contributed by atoms with Gasteiger partial charge in [0, 0.05) is 26.1 Å². The van der Waals surface area contributed by atoms with Gasteiger partial charge in [0.1, 0.15) is 6.54 Å². The Hall–Kier alpha value is -2.68. The zero-order valence-electron chi connectivity index (χ0n) is 19.9. The van der Waals surface area contributed by atoms with Crippen LogP contribution in [0, 0.1) is 11.7 Å². The first-order valence-electron chi connectivity index (χ1n) is 12.4. The number of imide groups is 1. The molecule has 4 rings (SSSR count). The highest BCUT2D eigenvalue weighted by atomic mass is 19.1. The minimum Gasteiger partial charge on any atom is -0.490 e. The molecule has 2 heterocycles. The second kappa shape index (κ2) is 10.7. The van der Waals surface area contributed by atoms with Gasteiger partial charge < -0.3 is 19.9 Å². The van der Waals surface area contributed by atoms with Crippen molar-refractivity contribution in [3.63, 3.8) is 0 Å². The predicted octanol–water partition coefficient (Wildman–Crippen LogP) is 2.76. The van der Waals surface area contributed by atoms with Crippen molar-refractivity contribution in [2.24, 2.45) is 5.92 Å². The minimum atomic E-state index is -0.539. The summed E-state index contributed by atoms with van der Waals surface area (Å²) in [7, 11) is 2.06. The van der Waals surface area contributed by atoms with Crippen molar-refractivity contribution in [1.29, 1.82) is 0 Å². The minimum absolute atomic E-state index is 0.0246. The molecule has 1 aliphatic carbocycles. The van der Waals surface area contributed by atoms with Crippen LogP contribution in [0.1, 0.15) is 56.9 Å². The number of ether oxygens (including phenoxy) is 1. The first kappa shape index (κ1) is 24.4. The normalized spacial score (nSPS) is 20.4. The van der Waals surface area contributed by atoms with Gasteiger partial charge in [0.05, 0.1) is 12.1 Å². The van der Waals surface area contributed by atoms with Crippen molar-refractivity contribution in [3.05, 3.63) is 29.6 Å². The number of carbonyl (C=O) groups excluding carboxylic acids is 3. The molecule has 1 aromatic rings. The first-order valence-corrected chi connectivity index (χ1v) is 12.4. The van der Waals surface area contributed by atoms with E-state index in [0.29, 0.717) is 31.9 Å². The van der Waals surface area contributed by atoms with Gasteiger partial charge in [0.15, 0.2) is 11.6 Å². The molecule has 1 aromatic carbocycles. The van der Waals surface area contributed by atoms with Gasteiger partial charge in [-0.1, -0.05) is 12.5 Å². The van der Waals surface area contributed by atoms with Crippen LogP contribution in [-0.2, 0) is 15.1 Å². The third-order valence-corrected chi connectivity index (χ3v) is 7.07. The van der Waals surface area contributed by atoms with Gasteiger partial charge >= 0.3 is 6.03 Å². The number of benzene rings is 1. The summed E-state index contributed by atoms with van der Waals surface area (Å²) in [6.45, 7) is 2.84. The van der Waals surface area contributed by atoms with E-state index in [4.69, 9.17) is 4.74 Å². The number of rotatable bonds is 11. The number of carbonyl (C=O) groups is 3. The van der Waals surface area contributed by atoms with Gasteiger partial charge in [-0.25, -0.2) is 9.18 Å². The van der Waals surface area contributed by atoms with Crippen LogP contribution < -0.4 is 15.4 Å². The molecular weight excluding hydrogens is 439 g/mol. The molecule has 0 unspecified atom stereocenters. The number of halogens is 1. The third kappa shape index (κ3) is 6.25. The van der Waals surface area contributed by atoms with Crippen molar-refractivity contribution in [1.82, 2.24) is 20.4 Å². The molecular formula is C25H35FN4O4. The van der Waals surface area contributed by atoms with Crippen LogP contribution in [0.25, 0.3) is 0 Å². The standard InChI is InChI=1S/C25H35FN4O4/c1-29-13-10-25(11-14-29,19-8-9-20(26)21(15-19)34-17-18-6-7-18)28-22(31)5-3-2-4-12-30-16-23(32)27-24(30)33/h8-9,15,18H,2-7,10-14,16-17H2,1H3,(H,28,31)(H,27,32,33). The van der Waals surface area contributed by atoms with Gasteiger partial charge in [-0.2, -0.15) is 0 Å². The number of piperidine rings is 1. The fourth-order valence-electron chi connectivity index (χ4n) is 4.65. The van der Waals surface area contributed by atoms with Crippen LogP contribution in [0.15, 0.2) is 18.2 Å². The second-order valence-corrected chi connectivity index (χ2v) is 9.92. The molecule has 2 aliphatic heterocycles. The molecule has 34 heavy (non-hydrogen) atoms. The molecule has 0 spiro atoms. The van der Waals surface area contributed by atoms with E-state index in [1.54, 1.807) is 12.1 Å². The Morgan fingerprint density at radius 2 is 1.97 bits per heavy atom. The molecule has 0 atom stereocenters. The molecule has 0 radical (unpaired) electrons. The summed E-state index contributed by atoms with van der Waals surface area (Å²) in [5.41, 5.74) is 0.356. The van der Waals surface area contributed by atoms with Crippen LogP contribution in [0.3, 0.4) is 0 Å². The molecule has 4 amide bonds. The zero-order valence-corrected chi connectivity index (χ0v) is 19.9. The van der Waals surface area contributed by atoms with E-state index in [0.717, 1.165) is 57.2 Å². The van der Waals surface area contributed by atoms with Crippen LogP contribution in [-0.4, -0.2) is 67.5 Å². The summed E-state index contributed by atoms with van der Waals surface area (Å²) in [6, 6.07) is 4.65. The summed E-state index contributed by atoms with van der Waals surface area (Å²) < 4.78 is 20.1. The Kier molecular flexibility index (Phi) is 7.70. The molecule has 2 saturated heterocycles. The average molecular weight is 475 g/mol. The Morgan fingerprint density at radius 1 is 1.21 bits per heavy atom. The van der Waals surface area contributed by atoms with Crippen molar-refractivity contribution in [3.8, 4) is 5.75 Å². The average Bonchev–Trinajstić information content (AvgIpc) is 3.58. The fraction of sp³-hybridized carbons (Fsp3) is 0.640. The Balaban J connectivity index is 1.32. The van der Waals surface area contributed by atoms with E-state index >= 15 is 0 Å². The van der Waals surface area contributed by atoms with Crippen molar-refractivity contribution in [2.45, 2.75) is 56.9 Å². The largest absolute Gasteiger partial charge is 0.490 e. The molecule has 1 saturated carbocycles. The number of nitrogens with one attached hydrogen (secondary N) is 2. The summed E-state index contributed by atoms with van der Waals surface area (Å²) in [4.78, 5) is 39.5. The van der Waals surface area contributed by atoms with Crippen molar-refractivity contribution in [2.75, 3.05) is 39.8 Å². The van der Waals surface area contributed by atoms with Crippen LogP contribution >= 0.6 is 0 Å². The maximum Gasteiger partial charge on any atom is 0.324 e. The highest BCUT2D eigenvalue weighted by Crippen LogP contribution is 2.36. The van der Waals surface area contributed by atoms with E-state index in [2.05, 4.69) is 22.6 Å². The number of unbranched alkanes of at least 4 members (excludes halogenated alkanes) is 2. The number of nitrogens with zero attached hydrogens (tertiary/aromatic N) is 2. The van der Waals surface area contributed by atoms with Crippen molar-refractivity contribution >= 4 is 17.8 Å². The van der Waals surface area contributed by atoms with Gasteiger partial charge in [-0.15, -0.1) is 0 Å². The molecule has 2 N–H and O–H groups in total. The second-order valence-electron chi connectivity index (χ2n) is 9.92. The maximum absolute atomic E-state index is 14.4. The number of hydrogen-bond donors (Lipinski definition) is 2. The highest BCUT2D eigenvalue weighted by molar-refractivity contribution is 6.01. The number of urea groups is 1. The van der Waals surface area contributed by atoms with Crippen molar-refractivity contribution < 1.29 is 23.5 Å².